The minimum Gasteiger partial charge on any atom is -0.412 e. The molecule has 0 radical (unpaired) electrons. The van der Waals surface area contributed by atoms with E-state index in [9.17, 15) is 0 Å². The molecule has 0 fully saturated rings. The van der Waals surface area contributed by atoms with E-state index in [-0.39, 0.29) is 11.3 Å². The third-order valence-corrected chi connectivity index (χ3v) is 1.13. The monoisotopic (exact) mass is 141 g/mol. The summed E-state index contributed by atoms with van der Waals surface area (Å²) in [7, 11) is 0. The molecule has 0 saturated heterocycles. The second-order valence-corrected chi connectivity index (χ2v) is 1.81. The molecular weight excluding hydrogens is 130 g/mol. The van der Waals surface area contributed by atoms with Gasteiger partial charge in [0.1, 0.15) is 5.84 Å². The Balaban J connectivity index is 0.000000810. The van der Waals surface area contributed by atoms with Crippen molar-refractivity contribution in [2.75, 3.05) is 6.54 Å². The molecule has 0 atom stereocenters. The van der Waals surface area contributed by atoms with Gasteiger partial charge in [0, 0.05) is 12.1 Å². The molecule has 0 aromatic heterocycles. The molecule has 1 heterocycles. The lowest BCUT2D eigenvalue weighted by atomic mass is 10.2. The van der Waals surface area contributed by atoms with Crippen LogP contribution in [-0.4, -0.2) is 17.9 Å². The number of rotatable bonds is 1. The molecule has 0 aromatic rings. The molecule has 0 aromatic carbocycles. The summed E-state index contributed by atoms with van der Waals surface area (Å²) < 4.78 is 0. The van der Waals surface area contributed by atoms with Gasteiger partial charge in [-0.05, 0) is 12.3 Å². The Morgan fingerprint density at radius 2 is 2.40 bits per heavy atom. The normalized spacial score (nSPS) is 14.6. The second-order valence-electron chi connectivity index (χ2n) is 1.81. The molecule has 56 valence electrons. The highest BCUT2D eigenvalue weighted by atomic mass is 16.0. The number of hydrogen-bond acceptors (Lipinski definition) is 2. The Bertz CT molecular complexity index is 183. The van der Waals surface area contributed by atoms with Crippen LogP contribution in [-0.2, 0) is 0 Å². The minimum absolute atomic E-state index is 0. The number of hydrogen-bond donors (Lipinski definition) is 3. The van der Waals surface area contributed by atoms with Gasteiger partial charge < -0.3 is 16.5 Å². The van der Waals surface area contributed by atoms with Crippen molar-refractivity contribution >= 4 is 5.84 Å². The number of nitrogens with one attached hydrogen (secondary N) is 2. The third kappa shape index (κ3) is 1.91. The molecule has 4 heteroatoms. The fourth-order valence-electron chi connectivity index (χ4n) is 0.653. The smallest absolute Gasteiger partial charge is 0.122 e. The van der Waals surface area contributed by atoms with E-state index in [0.717, 1.165) is 12.1 Å². The topological polar surface area (TPSA) is 93.4 Å². The number of dihydropyridines is 1. The van der Waals surface area contributed by atoms with Crippen molar-refractivity contribution in [1.82, 2.24) is 5.32 Å². The maximum absolute atomic E-state index is 7.02. The van der Waals surface area contributed by atoms with Crippen LogP contribution in [0.4, 0.5) is 0 Å². The van der Waals surface area contributed by atoms with Crippen LogP contribution in [0, 0.1) is 5.41 Å². The zero-order valence-corrected chi connectivity index (χ0v) is 5.52. The highest BCUT2D eigenvalue weighted by molar-refractivity contribution is 5.97. The molecule has 0 amide bonds. The standard InChI is InChI=1S/C6H9N3.H2O/c7-6(8)5-1-3-9-4-2-5;/h1-3,9H,4H2,(H3,7,8);1H2. The van der Waals surface area contributed by atoms with Gasteiger partial charge in [-0.3, -0.25) is 5.41 Å². The highest BCUT2D eigenvalue weighted by Gasteiger charge is 1.96. The molecule has 0 unspecified atom stereocenters. The van der Waals surface area contributed by atoms with Gasteiger partial charge in [-0.1, -0.05) is 6.08 Å². The predicted octanol–water partition coefficient (Wildman–Crippen LogP) is -0.859. The average Bonchev–Trinajstić information content (AvgIpc) is 1.90. The van der Waals surface area contributed by atoms with Gasteiger partial charge in [0.25, 0.3) is 0 Å². The number of nitrogens with two attached hydrogens (primary N) is 1. The zero-order chi connectivity index (χ0) is 6.69. The van der Waals surface area contributed by atoms with Crippen LogP contribution in [0.5, 0.6) is 0 Å². The average molecular weight is 141 g/mol. The molecule has 0 bridgehead atoms. The van der Waals surface area contributed by atoms with Gasteiger partial charge >= 0.3 is 0 Å². The summed E-state index contributed by atoms with van der Waals surface area (Å²) in [5.41, 5.74) is 6.00. The first-order valence-electron chi connectivity index (χ1n) is 2.75. The fraction of sp³-hybridized carbons (Fsp3) is 0.167. The second kappa shape index (κ2) is 3.68. The summed E-state index contributed by atoms with van der Waals surface area (Å²) in [6.07, 6.45) is 5.45. The maximum Gasteiger partial charge on any atom is 0.122 e. The van der Waals surface area contributed by atoms with E-state index in [1.807, 2.05) is 6.08 Å². The van der Waals surface area contributed by atoms with Crippen LogP contribution in [0.3, 0.4) is 0 Å². The molecule has 6 N–H and O–H groups in total. The predicted molar refractivity (Wildman–Crippen MR) is 40.8 cm³/mol. The van der Waals surface area contributed by atoms with Crippen molar-refractivity contribution < 1.29 is 5.48 Å². The zero-order valence-electron chi connectivity index (χ0n) is 5.52. The van der Waals surface area contributed by atoms with Crippen molar-refractivity contribution in [3.8, 4) is 0 Å². The summed E-state index contributed by atoms with van der Waals surface area (Å²) in [6, 6.07) is 0. The van der Waals surface area contributed by atoms with E-state index in [4.69, 9.17) is 11.1 Å². The molecule has 1 rings (SSSR count). The maximum atomic E-state index is 7.02. The van der Waals surface area contributed by atoms with Crippen molar-refractivity contribution in [2.45, 2.75) is 0 Å². The molecule has 10 heavy (non-hydrogen) atoms. The summed E-state index contributed by atoms with van der Waals surface area (Å²) in [4.78, 5) is 0. The fourth-order valence-corrected chi connectivity index (χ4v) is 0.653. The van der Waals surface area contributed by atoms with Crippen molar-refractivity contribution in [1.29, 1.82) is 5.41 Å². The summed E-state index contributed by atoms with van der Waals surface area (Å²) in [5, 5.41) is 9.98. The third-order valence-electron chi connectivity index (χ3n) is 1.13. The largest absolute Gasteiger partial charge is 0.412 e. The highest BCUT2D eigenvalue weighted by Crippen LogP contribution is 1.97. The molecule has 0 saturated carbocycles. The summed E-state index contributed by atoms with van der Waals surface area (Å²) >= 11 is 0. The molecule has 1 aliphatic rings. The van der Waals surface area contributed by atoms with Crippen LogP contribution >= 0.6 is 0 Å². The molecule has 4 nitrogen and oxygen atoms in total. The molecule has 0 aliphatic carbocycles. The van der Waals surface area contributed by atoms with E-state index in [1.54, 1.807) is 12.3 Å². The Morgan fingerprint density at radius 1 is 1.70 bits per heavy atom. The first-order valence-corrected chi connectivity index (χ1v) is 2.75. The first-order chi connectivity index (χ1) is 4.30. The van der Waals surface area contributed by atoms with Crippen LogP contribution in [0.15, 0.2) is 23.9 Å². The quantitative estimate of drug-likeness (QED) is 0.327. The number of amidine groups is 1. The molecular formula is C6H11N3O. The Labute approximate surface area is 59.2 Å². The lowest BCUT2D eigenvalue weighted by Crippen LogP contribution is -2.17. The van der Waals surface area contributed by atoms with Gasteiger partial charge in [0.2, 0.25) is 0 Å². The van der Waals surface area contributed by atoms with E-state index >= 15 is 0 Å². The van der Waals surface area contributed by atoms with Gasteiger partial charge in [0.05, 0.1) is 0 Å². The van der Waals surface area contributed by atoms with Crippen LogP contribution < -0.4 is 11.1 Å². The lowest BCUT2D eigenvalue weighted by Gasteiger charge is -2.04. The van der Waals surface area contributed by atoms with Crippen LogP contribution in [0.25, 0.3) is 0 Å². The van der Waals surface area contributed by atoms with Crippen molar-refractivity contribution in [2.24, 2.45) is 5.73 Å². The van der Waals surface area contributed by atoms with Crippen LogP contribution in [0.1, 0.15) is 0 Å². The van der Waals surface area contributed by atoms with Gasteiger partial charge in [0.15, 0.2) is 0 Å². The van der Waals surface area contributed by atoms with Gasteiger partial charge in [-0.2, -0.15) is 0 Å². The van der Waals surface area contributed by atoms with Crippen LogP contribution in [0.2, 0.25) is 0 Å². The molecule has 1 aliphatic heterocycles. The SMILES string of the molecule is N=C(N)C1=CCNC=C1.O. The van der Waals surface area contributed by atoms with E-state index in [0.29, 0.717) is 0 Å². The van der Waals surface area contributed by atoms with E-state index in [1.165, 1.54) is 0 Å². The lowest BCUT2D eigenvalue weighted by molar-refractivity contribution is 0.824. The van der Waals surface area contributed by atoms with E-state index < -0.39 is 0 Å². The Morgan fingerprint density at radius 3 is 2.70 bits per heavy atom. The van der Waals surface area contributed by atoms with Crippen molar-refractivity contribution in [3.63, 3.8) is 0 Å². The van der Waals surface area contributed by atoms with E-state index in [2.05, 4.69) is 5.32 Å². The first kappa shape index (κ1) is 8.71. The van der Waals surface area contributed by atoms with Gasteiger partial charge in [-0.15, -0.1) is 0 Å². The molecule has 0 spiro atoms. The summed E-state index contributed by atoms with van der Waals surface area (Å²) in [6.45, 7) is 0.769. The van der Waals surface area contributed by atoms with Crippen molar-refractivity contribution in [3.05, 3.63) is 23.9 Å². The Hall–Kier alpha value is -1.29. The minimum atomic E-state index is 0. The Kier molecular flexibility index (Phi) is 3.21. The van der Waals surface area contributed by atoms with Gasteiger partial charge in [-0.25, -0.2) is 0 Å². The summed E-state index contributed by atoms with van der Waals surface area (Å²) in [5.74, 6) is 0.132.